The van der Waals surface area contributed by atoms with Crippen LogP contribution in [0.1, 0.15) is 45.4 Å². The standard InChI is InChI=1S/C11H20ClNOS/c1-2-3-4-5-6-7-8-13-9-10(14)11(12)15-13/h11H,2-9H2,1H3. The summed E-state index contributed by atoms with van der Waals surface area (Å²) in [4.78, 5) is 11.2. The van der Waals surface area contributed by atoms with Gasteiger partial charge in [0, 0.05) is 6.54 Å². The minimum absolute atomic E-state index is 0.160. The number of carbonyl (C=O) groups is 1. The fraction of sp³-hybridized carbons (Fsp3) is 0.909. The number of hydrogen-bond donors (Lipinski definition) is 0. The van der Waals surface area contributed by atoms with E-state index in [1.807, 2.05) is 0 Å². The second-order valence-corrected chi connectivity index (χ2v) is 5.91. The van der Waals surface area contributed by atoms with Crippen molar-refractivity contribution < 1.29 is 4.79 Å². The third-order valence-corrected chi connectivity index (χ3v) is 4.13. The molecule has 0 aromatic heterocycles. The average Bonchev–Trinajstić information content (AvgIpc) is 2.52. The van der Waals surface area contributed by atoms with Gasteiger partial charge in [-0.2, -0.15) is 0 Å². The Kier molecular flexibility index (Phi) is 6.69. The van der Waals surface area contributed by atoms with Gasteiger partial charge in [0.25, 0.3) is 0 Å². The van der Waals surface area contributed by atoms with Gasteiger partial charge in [-0.3, -0.25) is 4.79 Å². The molecule has 1 unspecified atom stereocenters. The number of ketones is 1. The quantitative estimate of drug-likeness (QED) is 0.392. The zero-order chi connectivity index (χ0) is 11.1. The van der Waals surface area contributed by atoms with Crippen LogP contribution < -0.4 is 0 Å². The third-order valence-electron chi connectivity index (χ3n) is 2.59. The molecule has 0 radical (unpaired) electrons. The van der Waals surface area contributed by atoms with Crippen molar-refractivity contribution in [3.05, 3.63) is 0 Å². The maximum Gasteiger partial charge on any atom is 0.176 e. The molecule has 1 fully saturated rings. The summed E-state index contributed by atoms with van der Waals surface area (Å²) in [6, 6.07) is 0. The second-order valence-electron chi connectivity index (χ2n) is 4.02. The van der Waals surface area contributed by atoms with Crippen LogP contribution in [-0.4, -0.2) is 27.9 Å². The summed E-state index contributed by atoms with van der Waals surface area (Å²) in [6.07, 6.45) is 7.78. The highest BCUT2D eigenvalue weighted by molar-refractivity contribution is 8.00. The fourth-order valence-corrected chi connectivity index (χ4v) is 2.97. The van der Waals surface area contributed by atoms with Gasteiger partial charge in [-0.1, -0.05) is 51.0 Å². The molecule has 0 aliphatic carbocycles. The van der Waals surface area contributed by atoms with Gasteiger partial charge in [-0.25, -0.2) is 4.31 Å². The largest absolute Gasteiger partial charge is 0.296 e. The maximum absolute atomic E-state index is 11.2. The summed E-state index contributed by atoms with van der Waals surface area (Å²) in [5.74, 6) is 0.160. The monoisotopic (exact) mass is 249 g/mol. The molecule has 1 rings (SSSR count). The van der Waals surface area contributed by atoms with Crippen molar-refractivity contribution in [3.63, 3.8) is 0 Å². The van der Waals surface area contributed by atoms with Gasteiger partial charge < -0.3 is 0 Å². The van der Waals surface area contributed by atoms with Crippen molar-refractivity contribution in [1.82, 2.24) is 4.31 Å². The Morgan fingerprint density at radius 1 is 1.33 bits per heavy atom. The van der Waals surface area contributed by atoms with E-state index in [0.29, 0.717) is 6.54 Å². The number of Topliss-reactive ketones (excluding diaryl/α,β-unsaturated/α-hetero) is 1. The lowest BCUT2D eigenvalue weighted by atomic mass is 10.1. The molecule has 15 heavy (non-hydrogen) atoms. The molecular weight excluding hydrogens is 230 g/mol. The zero-order valence-corrected chi connectivity index (χ0v) is 10.9. The number of rotatable bonds is 7. The Bertz CT molecular complexity index is 201. The molecule has 0 aromatic carbocycles. The van der Waals surface area contributed by atoms with Gasteiger partial charge in [0.15, 0.2) is 10.5 Å². The fourth-order valence-electron chi connectivity index (χ4n) is 1.67. The molecule has 0 N–H and O–H groups in total. The SMILES string of the molecule is CCCCCCCCN1CC(=O)C(Cl)S1. The van der Waals surface area contributed by atoms with Crippen molar-refractivity contribution in [1.29, 1.82) is 0 Å². The van der Waals surface area contributed by atoms with Crippen LogP contribution in [0.4, 0.5) is 0 Å². The highest BCUT2D eigenvalue weighted by atomic mass is 35.5. The number of unbranched alkanes of at least 4 members (excludes halogenated alkanes) is 5. The first-order chi connectivity index (χ1) is 7.24. The molecule has 1 aliphatic rings. The van der Waals surface area contributed by atoms with Crippen molar-refractivity contribution in [2.24, 2.45) is 0 Å². The Morgan fingerprint density at radius 3 is 2.60 bits per heavy atom. The molecule has 0 saturated carbocycles. The molecule has 1 atom stereocenters. The number of hydrogen-bond acceptors (Lipinski definition) is 3. The molecule has 4 heteroatoms. The summed E-state index contributed by atoms with van der Waals surface area (Å²) in [6.45, 7) is 3.77. The van der Waals surface area contributed by atoms with E-state index in [2.05, 4.69) is 11.2 Å². The molecule has 88 valence electrons. The normalized spacial score (nSPS) is 22.5. The lowest BCUT2D eigenvalue weighted by Gasteiger charge is -2.11. The molecule has 1 heterocycles. The van der Waals surface area contributed by atoms with Gasteiger partial charge in [-0.05, 0) is 6.42 Å². The Morgan fingerprint density at radius 2 is 2.00 bits per heavy atom. The number of halogens is 1. The Balaban J connectivity index is 1.95. The average molecular weight is 250 g/mol. The number of carbonyl (C=O) groups excluding carboxylic acids is 1. The smallest absolute Gasteiger partial charge is 0.176 e. The molecule has 1 aliphatic heterocycles. The van der Waals surface area contributed by atoms with E-state index in [-0.39, 0.29) is 10.5 Å². The molecule has 0 amide bonds. The van der Waals surface area contributed by atoms with E-state index < -0.39 is 0 Å². The number of alkyl halides is 1. The van der Waals surface area contributed by atoms with E-state index in [4.69, 9.17) is 11.6 Å². The van der Waals surface area contributed by atoms with E-state index in [9.17, 15) is 4.79 Å². The Labute approximate surface area is 102 Å². The first-order valence-electron chi connectivity index (χ1n) is 5.82. The van der Waals surface area contributed by atoms with Crippen LogP contribution in [0.5, 0.6) is 0 Å². The molecular formula is C11H20ClNOS. The first kappa shape index (κ1) is 13.3. The van der Waals surface area contributed by atoms with Gasteiger partial charge in [-0.15, -0.1) is 11.6 Å². The molecule has 0 bridgehead atoms. The number of nitrogens with zero attached hydrogens (tertiary/aromatic N) is 1. The van der Waals surface area contributed by atoms with Crippen LogP contribution in [0.3, 0.4) is 0 Å². The van der Waals surface area contributed by atoms with Crippen LogP contribution >= 0.6 is 23.5 Å². The van der Waals surface area contributed by atoms with E-state index in [1.54, 1.807) is 0 Å². The van der Waals surface area contributed by atoms with E-state index in [1.165, 1.54) is 50.5 Å². The third kappa shape index (κ3) is 5.23. The van der Waals surface area contributed by atoms with Crippen LogP contribution in [0.15, 0.2) is 0 Å². The topological polar surface area (TPSA) is 20.3 Å². The van der Waals surface area contributed by atoms with E-state index in [0.717, 1.165) is 6.54 Å². The summed E-state index contributed by atoms with van der Waals surface area (Å²) < 4.78 is 1.77. The minimum atomic E-state index is -0.329. The lowest BCUT2D eigenvalue weighted by molar-refractivity contribution is -0.116. The van der Waals surface area contributed by atoms with Gasteiger partial charge >= 0.3 is 0 Å². The van der Waals surface area contributed by atoms with E-state index >= 15 is 0 Å². The molecule has 2 nitrogen and oxygen atoms in total. The van der Waals surface area contributed by atoms with Crippen molar-refractivity contribution in [3.8, 4) is 0 Å². The predicted octanol–water partition coefficient (Wildman–Crippen LogP) is 3.44. The van der Waals surface area contributed by atoms with Crippen LogP contribution in [-0.2, 0) is 4.79 Å². The molecule has 0 spiro atoms. The van der Waals surface area contributed by atoms with Crippen molar-refractivity contribution >= 4 is 29.3 Å². The predicted molar refractivity (Wildman–Crippen MR) is 67.2 cm³/mol. The molecule has 1 saturated heterocycles. The first-order valence-corrected chi connectivity index (χ1v) is 7.10. The van der Waals surface area contributed by atoms with Crippen molar-refractivity contribution in [2.45, 2.75) is 50.2 Å². The van der Waals surface area contributed by atoms with Gasteiger partial charge in [0.1, 0.15) is 0 Å². The lowest BCUT2D eigenvalue weighted by Crippen LogP contribution is -2.16. The maximum atomic E-state index is 11.2. The molecule has 0 aromatic rings. The van der Waals surface area contributed by atoms with Crippen LogP contribution in [0, 0.1) is 0 Å². The van der Waals surface area contributed by atoms with Crippen LogP contribution in [0.2, 0.25) is 0 Å². The highest BCUT2D eigenvalue weighted by Crippen LogP contribution is 2.28. The van der Waals surface area contributed by atoms with Crippen LogP contribution in [0.25, 0.3) is 0 Å². The second kappa shape index (κ2) is 7.53. The zero-order valence-electron chi connectivity index (χ0n) is 9.38. The summed E-state index contributed by atoms with van der Waals surface area (Å²) in [7, 11) is 0. The minimum Gasteiger partial charge on any atom is -0.296 e. The van der Waals surface area contributed by atoms with Gasteiger partial charge in [0.05, 0.1) is 6.54 Å². The highest BCUT2D eigenvalue weighted by Gasteiger charge is 2.29. The Hall–Kier alpha value is 0.270. The van der Waals surface area contributed by atoms with Gasteiger partial charge in [0.2, 0.25) is 0 Å². The summed E-state index contributed by atoms with van der Waals surface area (Å²) in [5, 5.41) is 0. The van der Waals surface area contributed by atoms with Crippen molar-refractivity contribution in [2.75, 3.05) is 13.1 Å². The summed E-state index contributed by atoms with van der Waals surface area (Å²) >= 11 is 7.30. The summed E-state index contributed by atoms with van der Waals surface area (Å²) in [5.41, 5.74) is 0.